The molecule has 0 amide bonds. The summed E-state index contributed by atoms with van der Waals surface area (Å²) in [6.45, 7) is 3.66. The lowest BCUT2D eigenvalue weighted by Crippen LogP contribution is -2.01. The average molecular weight is 504 g/mol. The number of ketones is 2. The van der Waals surface area contributed by atoms with Gasteiger partial charge in [-0.3, -0.25) is 9.59 Å². The first kappa shape index (κ1) is 24.7. The molecule has 2 heterocycles. The molecule has 0 atom stereocenters. The highest BCUT2D eigenvalue weighted by Crippen LogP contribution is 2.39. The van der Waals surface area contributed by atoms with Crippen LogP contribution in [0.15, 0.2) is 75.1 Å². The Bertz CT molecular complexity index is 1340. The molecule has 0 spiro atoms. The molecule has 9 heteroatoms. The van der Waals surface area contributed by atoms with Crippen LogP contribution in [0.5, 0.6) is 0 Å². The van der Waals surface area contributed by atoms with E-state index in [0.717, 1.165) is 49.9 Å². The summed E-state index contributed by atoms with van der Waals surface area (Å²) >= 11 is 2.89. The second-order valence-electron chi connectivity index (χ2n) is 8.18. The van der Waals surface area contributed by atoms with Gasteiger partial charge in [-0.1, -0.05) is 60.3 Å². The van der Waals surface area contributed by atoms with Crippen molar-refractivity contribution in [2.45, 2.75) is 46.0 Å². The summed E-state index contributed by atoms with van der Waals surface area (Å²) in [5.41, 5.74) is 3.41. The molecule has 4 rings (SSSR count). The largest absolute Gasteiger partial charge is 0.300 e. The van der Waals surface area contributed by atoms with E-state index in [9.17, 15) is 9.59 Å². The van der Waals surface area contributed by atoms with E-state index in [2.05, 4.69) is 32.4 Å². The highest BCUT2D eigenvalue weighted by molar-refractivity contribution is 7.30. The first-order valence-electron chi connectivity index (χ1n) is 11.4. The summed E-state index contributed by atoms with van der Waals surface area (Å²) in [4.78, 5) is 28.5. The predicted octanol–water partition coefficient (Wildman–Crippen LogP) is 8.62. The summed E-state index contributed by atoms with van der Waals surface area (Å²) in [6.07, 6.45) is 3.50. The van der Waals surface area contributed by atoms with E-state index in [4.69, 9.17) is 0 Å². The van der Waals surface area contributed by atoms with Crippen LogP contribution in [-0.4, -0.2) is 16.6 Å². The number of nitrogens with zero attached hydrogens (tertiary/aromatic N) is 5. The molecule has 0 aliphatic heterocycles. The van der Waals surface area contributed by atoms with Crippen LogP contribution >= 0.6 is 22.7 Å². The Hall–Kier alpha value is -3.43. The van der Waals surface area contributed by atoms with Gasteiger partial charge in [0.2, 0.25) is 5.13 Å². The molecule has 0 saturated carbocycles. The molecule has 178 valence electrons. The van der Waals surface area contributed by atoms with Crippen LogP contribution < -0.4 is 0 Å². The number of carbonyl (C=O) groups is 2. The zero-order valence-corrected chi connectivity index (χ0v) is 21.2. The maximum Gasteiger partial charge on any atom is 0.231 e. The maximum absolute atomic E-state index is 11.9. The SMILES string of the molecule is CCCCC(=O)Cc1ccc(N=Nc2nc3sc(N=Nc4ccc(CC(C)=O)cc4)cc3s2)cc1. The summed E-state index contributed by atoms with van der Waals surface area (Å²) in [7, 11) is 0. The number of fused-ring (bicyclic) bond motifs is 1. The topological polar surface area (TPSA) is 96.5 Å². The minimum Gasteiger partial charge on any atom is -0.300 e. The van der Waals surface area contributed by atoms with Crippen LogP contribution in [0.25, 0.3) is 9.53 Å². The van der Waals surface area contributed by atoms with Crippen LogP contribution in [0, 0.1) is 0 Å². The van der Waals surface area contributed by atoms with Gasteiger partial charge in [0.05, 0.1) is 16.1 Å². The number of rotatable bonds is 11. The van der Waals surface area contributed by atoms with Crippen molar-refractivity contribution in [2.75, 3.05) is 0 Å². The van der Waals surface area contributed by atoms with E-state index in [0.29, 0.717) is 24.4 Å². The Labute approximate surface area is 211 Å². The quantitative estimate of drug-likeness (QED) is 0.192. The van der Waals surface area contributed by atoms with Gasteiger partial charge in [0.15, 0.2) is 0 Å². The summed E-state index contributed by atoms with van der Waals surface area (Å²) < 4.78 is 0.982. The number of aromatic nitrogens is 1. The van der Waals surface area contributed by atoms with Crippen molar-refractivity contribution in [1.29, 1.82) is 0 Å². The monoisotopic (exact) mass is 503 g/mol. The molecule has 0 unspecified atom stereocenters. The van der Waals surface area contributed by atoms with E-state index in [1.807, 2.05) is 54.6 Å². The van der Waals surface area contributed by atoms with Crippen molar-refractivity contribution in [3.05, 3.63) is 65.7 Å². The van der Waals surface area contributed by atoms with E-state index in [1.165, 1.54) is 22.7 Å². The van der Waals surface area contributed by atoms with Gasteiger partial charge in [0.1, 0.15) is 21.4 Å². The molecule has 0 saturated heterocycles. The Kier molecular flexibility index (Phi) is 8.33. The van der Waals surface area contributed by atoms with Gasteiger partial charge in [-0.2, -0.15) is 0 Å². The predicted molar refractivity (Wildman–Crippen MR) is 141 cm³/mol. The third-order valence-corrected chi connectivity index (χ3v) is 7.05. The van der Waals surface area contributed by atoms with Gasteiger partial charge in [0.25, 0.3) is 0 Å². The molecule has 0 aliphatic carbocycles. The molecule has 35 heavy (non-hydrogen) atoms. The molecular formula is C26H25N5O2S2. The standard InChI is InChI=1S/C26H25N5O2S2/c1-3-4-5-22(33)15-19-8-12-21(13-9-19)29-31-26-27-25-23(34-26)16-24(35-25)30-28-20-10-6-18(7-11-20)14-17(2)32/h6-13,16H,3-5,14-15H2,1-2H3. The number of thiazole rings is 1. The Morgan fingerprint density at radius 3 is 2.06 bits per heavy atom. The normalized spacial score (nSPS) is 11.7. The zero-order valence-electron chi connectivity index (χ0n) is 19.6. The van der Waals surface area contributed by atoms with Crippen LogP contribution in [0.2, 0.25) is 0 Å². The molecule has 0 bridgehead atoms. The second kappa shape index (κ2) is 11.8. The van der Waals surface area contributed by atoms with Crippen molar-refractivity contribution < 1.29 is 9.59 Å². The Morgan fingerprint density at radius 2 is 1.46 bits per heavy atom. The van der Waals surface area contributed by atoms with Gasteiger partial charge in [-0.05, 0) is 54.8 Å². The number of unbranched alkanes of at least 4 members (excludes halogenated alkanes) is 1. The van der Waals surface area contributed by atoms with E-state index < -0.39 is 0 Å². The Morgan fingerprint density at radius 1 is 0.829 bits per heavy atom. The van der Waals surface area contributed by atoms with Crippen LogP contribution in [-0.2, 0) is 22.4 Å². The number of hydrogen-bond acceptors (Lipinski definition) is 9. The van der Waals surface area contributed by atoms with Crippen LogP contribution in [0.1, 0.15) is 44.2 Å². The molecule has 0 fully saturated rings. The van der Waals surface area contributed by atoms with Gasteiger partial charge >= 0.3 is 0 Å². The van der Waals surface area contributed by atoms with Crippen molar-refractivity contribution in [2.24, 2.45) is 20.5 Å². The molecule has 0 aliphatic rings. The van der Waals surface area contributed by atoms with Crippen LogP contribution in [0.3, 0.4) is 0 Å². The first-order valence-corrected chi connectivity index (χ1v) is 13.0. The number of thiophene rings is 1. The van der Waals surface area contributed by atoms with Gasteiger partial charge in [-0.25, -0.2) is 4.98 Å². The fraction of sp³-hybridized carbons (Fsp3) is 0.269. The van der Waals surface area contributed by atoms with Gasteiger partial charge < -0.3 is 0 Å². The van der Waals surface area contributed by atoms with E-state index in [1.54, 1.807) is 6.92 Å². The molecule has 0 radical (unpaired) electrons. The lowest BCUT2D eigenvalue weighted by Gasteiger charge is -2.01. The smallest absolute Gasteiger partial charge is 0.231 e. The third-order valence-electron chi connectivity index (χ3n) is 5.12. The lowest BCUT2D eigenvalue weighted by atomic mass is 10.0. The number of Topliss-reactive ketones (excluding diaryl/α,β-unsaturated/α-hetero) is 2. The fourth-order valence-corrected chi connectivity index (χ4v) is 5.20. The van der Waals surface area contributed by atoms with E-state index >= 15 is 0 Å². The number of carbonyl (C=O) groups excluding carboxylic acids is 2. The molecule has 2 aromatic heterocycles. The fourth-order valence-electron chi connectivity index (χ4n) is 3.35. The van der Waals surface area contributed by atoms with Crippen LogP contribution in [0.4, 0.5) is 21.5 Å². The number of benzene rings is 2. The maximum atomic E-state index is 11.9. The molecule has 4 aromatic rings. The highest BCUT2D eigenvalue weighted by Gasteiger charge is 2.09. The highest BCUT2D eigenvalue weighted by atomic mass is 32.1. The van der Waals surface area contributed by atoms with Crippen molar-refractivity contribution in [1.82, 2.24) is 4.98 Å². The van der Waals surface area contributed by atoms with Gasteiger partial charge in [-0.15, -0.1) is 20.5 Å². The van der Waals surface area contributed by atoms with E-state index in [-0.39, 0.29) is 11.6 Å². The molecule has 0 N–H and O–H groups in total. The minimum atomic E-state index is 0.133. The third kappa shape index (κ3) is 7.27. The second-order valence-corrected chi connectivity index (χ2v) is 10.2. The summed E-state index contributed by atoms with van der Waals surface area (Å²) in [5.74, 6) is 0.402. The summed E-state index contributed by atoms with van der Waals surface area (Å²) in [5, 5.41) is 18.5. The van der Waals surface area contributed by atoms with Crippen molar-refractivity contribution >= 4 is 65.3 Å². The molecule has 7 nitrogen and oxygen atoms in total. The molecule has 2 aromatic carbocycles. The Balaban J connectivity index is 1.35. The average Bonchev–Trinajstić information content (AvgIpc) is 3.40. The number of azo groups is 2. The van der Waals surface area contributed by atoms with Gasteiger partial charge in [0, 0.05) is 19.3 Å². The van der Waals surface area contributed by atoms with Crippen molar-refractivity contribution in [3.63, 3.8) is 0 Å². The zero-order chi connectivity index (χ0) is 24.6. The first-order chi connectivity index (χ1) is 17.0. The minimum absolute atomic E-state index is 0.133. The molecular weight excluding hydrogens is 478 g/mol. The van der Waals surface area contributed by atoms with Crippen molar-refractivity contribution in [3.8, 4) is 0 Å². The summed E-state index contributed by atoms with van der Waals surface area (Å²) in [6, 6.07) is 17.0. The number of hydrogen-bond donors (Lipinski definition) is 0. The lowest BCUT2D eigenvalue weighted by molar-refractivity contribution is -0.118.